The molecule has 20 heavy (non-hydrogen) atoms. The quantitative estimate of drug-likeness (QED) is 0.834. The number of carbonyl (C=O) groups excluding carboxylic acids is 1. The maximum absolute atomic E-state index is 11.9. The van der Waals surface area contributed by atoms with E-state index in [9.17, 15) is 4.79 Å². The first-order chi connectivity index (χ1) is 9.78. The van der Waals surface area contributed by atoms with Gasteiger partial charge in [-0.3, -0.25) is 4.79 Å². The zero-order valence-corrected chi connectivity index (χ0v) is 11.1. The molecule has 1 aromatic rings. The van der Waals surface area contributed by atoms with Crippen molar-refractivity contribution in [2.45, 2.75) is 12.5 Å². The lowest BCUT2D eigenvalue weighted by atomic mass is 10.2. The minimum absolute atomic E-state index is 0.0130. The maximum Gasteiger partial charge on any atom is 0.226 e. The molecule has 1 heterocycles. The molecule has 1 atom stereocenters. The lowest BCUT2D eigenvalue weighted by Gasteiger charge is -2.23. The number of hydrogen-bond donors (Lipinski definition) is 2. The van der Waals surface area contributed by atoms with Crippen molar-refractivity contribution < 1.29 is 14.3 Å². The van der Waals surface area contributed by atoms with Crippen molar-refractivity contribution in [3.05, 3.63) is 24.3 Å². The fourth-order valence-corrected chi connectivity index (χ4v) is 1.94. The lowest BCUT2D eigenvalue weighted by Crippen LogP contribution is -2.43. The smallest absolute Gasteiger partial charge is 0.226 e. The molecule has 1 amide bonds. The minimum atomic E-state index is -0.0568. The van der Waals surface area contributed by atoms with Gasteiger partial charge in [-0.05, 0) is 24.3 Å². The van der Waals surface area contributed by atoms with Crippen LogP contribution in [0.3, 0.4) is 0 Å². The van der Waals surface area contributed by atoms with Crippen molar-refractivity contribution in [1.82, 2.24) is 5.32 Å². The van der Waals surface area contributed by atoms with E-state index in [4.69, 9.17) is 14.7 Å². The van der Waals surface area contributed by atoms with Gasteiger partial charge in [-0.15, -0.1) is 0 Å². The van der Waals surface area contributed by atoms with E-state index in [1.54, 1.807) is 24.3 Å². The third-order valence-electron chi connectivity index (χ3n) is 2.87. The molecule has 0 bridgehead atoms. The highest BCUT2D eigenvalue weighted by atomic mass is 16.5. The Bertz CT molecular complexity index is 475. The normalized spacial score (nSPS) is 18.1. The Kier molecular flexibility index (Phi) is 5.35. The summed E-state index contributed by atoms with van der Waals surface area (Å²) in [5, 5.41) is 14.5. The number of anilines is 1. The summed E-state index contributed by atoms with van der Waals surface area (Å²) in [6, 6.07) is 8.89. The standard InChI is InChI=1S/C14H17N3O3/c15-5-7-20-13-3-1-11(2-4-13)17-14(18)9-12-10-19-8-6-16-12/h1-4,12,16H,6-10H2,(H,17,18). The monoisotopic (exact) mass is 275 g/mol. The molecule has 0 radical (unpaired) electrons. The van der Waals surface area contributed by atoms with Crippen LogP contribution in [0.4, 0.5) is 5.69 Å². The number of hydrogen-bond acceptors (Lipinski definition) is 5. The summed E-state index contributed by atoms with van der Waals surface area (Å²) in [4.78, 5) is 11.9. The van der Waals surface area contributed by atoms with Gasteiger partial charge in [0.1, 0.15) is 11.8 Å². The van der Waals surface area contributed by atoms with E-state index in [0.29, 0.717) is 31.1 Å². The van der Waals surface area contributed by atoms with E-state index in [2.05, 4.69) is 10.6 Å². The Morgan fingerprint density at radius 1 is 1.50 bits per heavy atom. The summed E-state index contributed by atoms with van der Waals surface area (Å²) < 4.78 is 10.4. The molecule has 1 aliphatic heterocycles. The van der Waals surface area contributed by atoms with Crippen LogP contribution in [0.5, 0.6) is 5.75 Å². The predicted octanol–water partition coefficient (Wildman–Crippen LogP) is 0.906. The number of benzene rings is 1. The summed E-state index contributed by atoms with van der Waals surface area (Å²) in [7, 11) is 0. The molecular weight excluding hydrogens is 258 g/mol. The van der Waals surface area contributed by atoms with E-state index < -0.39 is 0 Å². The highest BCUT2D eigenvalue weighted by molar-refractivity contribution is 5.91. The molecule has 1 aromatic carbocycles. The summed E-state index contributed by atoms with van der Waals surface area (Å²) in [6.07, 6.45) is 0.382. The van der Waals surface area contributed by atoms with E-state index in [1.165, 1.54) is 0 Å². The van der Waals surface area contributed by atoms with Gasteiger partial charge in [-0.2, -0.15) is 5.26 Å². The van der Waals surface area contributed by atoms with Gasteiger partial charge in [-0.1, -0.05) is 0 Å². The van der Waals surface area contributed by atoms with Crippen LogP contribution in [0.2, 0.25) is 0 Å². The topological polar surface area (TPSA) is 83.4 Å². The first-order valence-corrected chi connectivity index (χ1v) is 6.49. The number of amides is 1. The molecule has 0 aromatic heterocycles. The number of nitrogens with one attached hydrogen (secondary N) is 2. The van der Waals surface area contributed by atoms with E-state index >= 15 is 0 Å². The van der Waals surface area contributed by atoms with E-state index in [0.717, 1.165) is 6.54 Å². The molecule has 0 saturated carbocycles. The number of nitrogens with zero attached hydrogens (tertiary/aromatic N) is 1. The molecule has 2 rings (SSSR count). The molecule has 1 fully saturated rings. The van der Waals surface area contributed by atoms with Crippen LogP contribution in [-0.4, -0.2) is 38.3 Å². The third kappa shape index (κ3) is 4.53. The van der Waals surface area contributed by atoms with Gasteiger partial charge in [0.15, 0.2) is 6.61 Å². The van der Waals surface area contributed by atoms with Crippen LogP contribution >= 0.6 is 0 Å². The second kappa shape index (κ2) is 7.48. The zero-order chi connectivity index (χ0) is 14.2. The van der Waals surface area contributed by atoms with Crippen molar-refractivity contribution in [2.24, 2.45) is 0 Å². The minimum Gasteiger partial charge on any atom is -0.479 e. The largest absolute Gasteiger partial charge is 0.479 e. The SMILES string of the molecule is N#CCOc1ccc(NC(=O)CC2COCCN2)cc1. The van der Waals surface area contributed by atoms with Crippen LogP contribution in [0, 0.1) is 11.3 Å². The Hall–Kier alpha value is -2.10. The van der Waals surface area contributed by atoms with Crippen molar-refractivity contribution in [2.75, 3.05) is 31.7 Å². The average Bonchev–Trinajstić information content (AvgIpc) is 2.47. The van der Waals surface area contributed by atoms with Crippen molar-refractivity contribution >= 4 is 11.6 Å². The molecule has 1 unspecified atom stereocenters. The number of nitriles is 1. The summed E-state index contributed by atoms with van der Waals surface area (Å²) in [6.45, 7) is 2.05. The van der Waals surface area contributed by atoms with Gasteiger partial charge in [0.05, 0.1) is 13.2 Å². The molecule has 6 heteroatoms. The molecular formula is C14H17N3O3. The molecule has 6 nitrogen and oxygen atoms in total. The van der Waals surface area contributed by atoms with Gasteiger partial charge in [0.2, 0.25) is 5.91 Å². The highest BCUT2D eigenvalue weighted by Crippen LogP contribution is 2.16. The van der Waals surface area contributed by atoms with Crippen LogP contribution in [0.25, 0.3) is 0 Å². The predicted molar refractivity (Wildman–Crippen MR) is 73.4 cm³/mol. The Morgan fingerprint density at radius 3 is 2.95 bits per heavy atom. The first kappa shape index (κ1) is 14.3. The van der Waals surface area contributed by atoms with Crippen LogP contribution in [0.1, 0.15) is 6.42 Å². The molecule has 2 N–H and O–H groups in total. The summed E-state index contributed by atoms with van der Waals surface area (Å²) in [5.74, 6) is 0.547. The van der Waals surface area contributed by atoms with Crippen LogP contribution in [0.15, 0.2) is 24.3 Å². The molecule has 106 valence electrons. The third-order valence-corrected chi connectivity index (χ3v) is 2.87. The van der Waals surface area contributed by atoms with Crippen LogP contribution < -0.4 is 15.4 Å². The number of ether oxygens (including phenoxy) is 2. The van der Waals surface area contributed by atoms with Gasteiger partial charge in [0.25, 0.3) is 0 Å². The Balaban J connectivity index is 1.80. The molecule has 0 spiro atoms. The van der Waals surface area contributed by atoms with E-state index in [1.807, 2.05) is 6.07 Å². The fourth-order valence-electron chi connectivity index (χ4n) is 1.94. The summed E-state index contributed by atoms with van der Waals surface area (Å²) in [5.41, 5.74) is 0.705. The average molecular weight is 275 g/mol. The van der Waals surface area contributed by atoms with Gasteiger partial charge in [0, 0.05) is 24.7 Å². The van der Waals surface area contributed by atoms with Crippen LogP contribution in [-0.2, 0) is 9.53 Å². The van der Waals surface area contributed by atoms with Crippen molar-refractivity contribution in [3.8, 4) is 11.8 Å². The second-order valence-corrected chi connectivity index (χ2v) is 4.45. The molecule has 1 aliphatic rings. The molecule has 0 aliphatic carbocycles. The Labute approximate surface area is 117 Å². The first-order valence-electron chi connectivity index (χ1n) is 6.49. The van der Waals surface area contributed by atoms with Gasteiger partial charge >= 0.3 is 0 Å². The Morgan fingerprint density at radius 2 is 2.30 bits per heavy atom. The lowest BCUT2D eigenvalue weighted by molar-refractivity contribution is -0.117. The fraction of sp³-hybridized carbons (Fsp3) is 0.429. The number of morpholine rings is 1. The number of rotatable bonds is 5. The maximum atomic E-state index is 11.9. The summed E-state index contributed by atoms with van der Waals surface area (Å²) >= 11 is 0. The van der Waals surface area contributed by atoms with Gasteiger partial charge in [-0.25, -0.2) is 0 Å². The zero-order valence-electron chi connectivity index (χ0n) is 11.1. The van der Waals surface area contributed by atoms with Crippen molar-refractivity contribution in [1.29, 1.82) is 5.26 Å². The van der Waals surface area contributed by atoms with Crippen molar-refractivity contribution in [3.63, 3.8) is 0 Å². The van der Waals surface area contributed by atoms with E-state index in [-0.39, 0.29) is 18.6 Å². The molecule has 1 saturated heterocycles. The number of carbonyl (C=O) groups is 1. The highest BCUT2D eigenvalue weighted by Gasteiger charge is 2.16. The second-order valence-electron chi connectivity index (χ2n) is 4.45. The van der Waals surface area contributed by atoms with Gasteiger partial charge < -0.3 is 20.1 Å².